The number of nitrogens with zero attached hydrogens (tertiary/aromatic N) is 1. The minimum Gasteiger partial charge on any atom is -0.317 e. The zero-order valence-corrected chi connectivity index (χ0v) is 10.8. The lowest BCUT2D eigenvalue weighted by atomic mass is 9.94. The summed E-state index contributed by atoms with van der Waals surface area (Å²) in [4.78, 5) is 2.51. The Hall–Kier alpha value is -0.0800. The summed E-state index contributed by atoms with van der Waals surface area (Å²) in [6.07, 6.45) is 5.47. The molecule has 0 radical (unpaired) electrons. The van der Waals surface area contributed by atoms with E-state index < -0.39 is 0 Å². The third kappa shape index (κ3) is 5.53. The Kier molecular flexibility index (Phi) is 6.26. The quantitative estimate of drug-likeness (QED) is 0.727. The monoisotopic (exact) mass is 212 g/mol. The summed E-state index contributed by atoms with van der Waals surface area (Å²) < 4.78 is 0. The highest BCUT2D eigenvalue weighted by molar-refractivity contribution is 4.70. The first-order valence-corrected chi connectivity index (χ1v) is 6.61. The molecule has 1 heterocycles. The molecule has 0 aromatic rings. The molecule has 2 heteroatoms. The van der Waals surface area contributed by atoms with Gasteiger partial charge in [-0.3, -0.25) is 0 Å². The van der Waals surface area contributed by atoms with Crippen LogP contribution in [0.3, 0.4) is 0 Å². The summed E-state index contributed by atoms with van der Waals surface area (Å²) >= 11 is 0. The van der Waals surface area contributed by atoms with Crippen molar-refractivity contribution in [3.63, 3.8) is 0 Å². The van der Waals surface area contributed by atoms with Gasteiger partial charge in [-0.25, -0.2) is 0 Å². The Bertz CT molecular complexity index is 153. The lowest BCUT2D eigenvalue weighted by Gasteiger charge is -2.26. The number of rotatable bonds is 6. The van der Waals surface area contributed by atoms with Gasteiger partial charge in [0.05, 0.1) is 0 Å². The molecule has 0 spiro atoms. The zero-order valence-electron chi connectivity index (χ0n) is 10.8. The van der Waals surface area contributed by atoms with Crippen molar-refractivity contribution < 1.29 is 0 Å². The SMILES string of the molecule is CCC(C)CN(C)CCC1CCNCC1. The van der Waals surface area contributed by atoms with Gasteiger partial charge >= 0.3 is 0 Å². The van der Waals surface area contributed by atoms with Crippen LogP contribution in [-0.2, 0) is 0 Å². The second-order valence-corrected chi connectivity index (χ2v) is 5.26. The fourth-order valence-electron chi connectivity index (χ4n) is 2.33. The van der Waals surface area contributed by atoms with E-state index in [2.05, 4.69) is 31.1 Å². The fourth-order valence-corrected chi connectivity index (χ4v) is 2.33. The van der Waals surface area contributed by atoms with Gasteiger partial charge in [-0.15, -0.1) is 0 Å². The normalized spacial score (nSPS) is 20.8. The third-order valence-electron chi connectivity index (χ3n) is 3.70. The van der Waals surface area contributed by atoms with Crippen LogP contribution >= 0.6 is 0 Å². The van der Waals surface area contributed by atoms with Gasteiger partial charge in [0.1, 0.15) is 0 Å². The van der Waals surface area contributed by atoms with Crippen molar-refractivity contribution in [1.82, 2.24) is 10.2 Å². The molecule has 0 saturated carbocycles. The average molecular weight is 212 g/mol. The summed E-state index contributed by atoms with van der Waals surface area (Å²) in [5.41, 5.74) is 0. The summed E-state index contributed by atoms with van der Waals surface area (Å²) in [6, 6.07) is 0. The summed E-state index contributed by atoms with van der Waals surface area (Å²) in [7, 11) is 2.27. The van der Waals surface area contributed by atoms with E-state index in [0.717, 1.165) is 11.8 Å². The molecule has 1 unspecified atom stereocenters. The number of nitrogens with one attached hydrogen (secondary N) is 1. The second kappa shape index (κ2) is 7.24. The molecule has 0 bridgehead atoms. The first-order valence-electron chi connectivity index (χ1n) is 6.61. The van der Waals surface area contributed by atoms with Gasteiger partial charge in [-0.05, 0) is 57.8 Å². The van der Waals surface area contributed by atoms with Crippen LogP contribution in [0.15, 0.2) is 0 Å². The highest BCUT2D eigenvalue weighted by Crippen LogP contribution is 2.16. The van der Waals surface area contributed by atoms with Crippen molar-refractivity contribution in [3.05, 3.63) is 0 Å². The molecular formula is C13H28N2. The molecule has 15 heavy (non-hydrogen) atoms. The Balaban J connectivity index is 2.07. The minimum atomic E-state index is 0.850. The molecule has 0 amide bonds. The van der Waals surface area contributed by atoms with Gasteiger partial charge in [-0.1, -0.05) is 20.3 Å². The van der Waals surface area contributed by atoms with E-state index in [4.69, 9.17) is 0 Å². The zero-order chi connectivity index (χ0) is 11.1. The van der Waals surface area contributed by atoms with Crippen molar-refractivity contribution in [2.24, 2.45) is 11.8 Å². The number of hydrogen-bond donors (Lipinski definition) is 1. The van der Waals surface area contributed by atoms with Gasteiger partial charge in [0.25, 0.3) is 0 Å². The fraction of sp³-hybridized carbons (Fsp3) is 1.00. The van der Waals surface area contributed by atoms with Gasteiger partial charge in [0.2, 0.25) is 0 Å². The predicted octanol–water partition coefficient (Wildman–Crippen LogP) is 2.35. The minimum absolute atomic E-state index is 0.850. The van der Waals surface area contributed by atoms with Crippen LogP contribution in [0.25, 0.3) is 0 Å². The highest BCUT2D eigenvalue weighted by atomic mass is 15.1. The molecule has 1 fully saturated rings. The second-order valence-electron chi connectivity index (χ2n) is 5.26. The van der Waals surface area contributed by atoms with E-state index in [-0.39, 0.29) is 0 Å². The Morgan fingerprint density at radius 3 is 2.60 bits per heavy atom. The van der Waals surface area contributed by atoms with E-state index in [0.29, 0.717) is 0 Å². The number of piperidine rings is 1. The van der Waals surface area contributed by atoms with Crippen LogP contribution in [-0.4, -0.2) is 38.1 Å². The van der Waals surface area contributed by atoms with E-state index in [1.807, 2.05) is 0 Å². The lowest BCUT2D eigenvalue weighted by molar-refractivity contribution is 0.244. The molecule has 1 aliphatic rings. The standard InChI is InChI=1S/C13H28N2/c1-4-12(2)11-15(3)10-7-13-5-8-14-9-6-13/h12-14H,4-11H2,1-3H3. The first kappa shape index (κ1) is 13.0. The Morgan fingerprint density at radius 2 is 2.00 bits per heavy atom. The summed E-state index contributed by atoms with van der Waals surface area (Å²) in [6.45, 7) is 9.66. The maximum Gasteiger partial charge on any atom is 0.000387 e. The lowest BCUT2D eigenvalue weighted by Crippen LogP contribution is -2.31. The van der Waals surface area contributed by atoms with E-state index in [9.17, 15) is 0 Å². The predicted molar refractivity (Wildman–Crippen MR) is 67.2 cm³/mol. The largest absolute Gasteiger partial charge is 0.317 e. The number of hydrogen-bond acceptors (Lipinski definition) is 2. The summed E-state index contributed by atoms with van der Waals surface area (Å²) in [5.74, 6) is 1.83. The van der Waals surface area contributed by atoms with Gasteiger partial charge in [0, 0.05) is 6.54 Å². The Morgan fingerprint density at radius 1 is 1.33 bits per heavy atom. The maximum absolute atomic E-state index is 3.43. The topological polar surface area (TPSA) is 15.3 Å². The molecule has 90 valence electrons. The molecule has 0 aromatic heterocycles. The van der Waals surface area contributed by atoms with Gasteiger partial charge in [-0.2, -0.15) is 0 Å². The van der Waals surface area contributed by atoms with E-state index in [1.54, 1.807) is 0 Å². The molecule has 1 N–H and O–H groups in total. The summed E-state index contributed by atoms with van der Waals surface area (Å²) in [5, 5.41) is 3.43. The molecular weight excluding hydrogens is 184 g/mol. The first-order chi connectivity index (χ1) is 7.22. The van der Waals surface area contributed by atoms with Crippen molar-refractivity contribution in [3.8, 4) is 0 Å². The van der Waals surface area contributed by atoms with E-state index >= 15 is 0 Å². The van der Waals surface area contributed by atoms with Crippen LogP contribution in [0.2, 0.25) is 0 Å². The molecule has 1 atom stereocenters. The van der Waals surface area contributed by atoms with Crippen LogP contribution in [0.1, 0.15) is 39.5 Å². The van der Waals surface area contributed by atoms with Gasteiger partial charge < -0.3 is 10.2 Å². The molecule has 1 aliphatic heterocycles. The smallest absolute Gasteiger partial charge is 0.000387 e. The molecule has 0 aliphatic carbocycles. The maximum atomic E-state index is 3.43. The van der Waals surface area contributed by atoms with Crippen LogP contribution in [0.4, 0.5) is 0 Å². The van der Waals surface area contributed by atoms with Crippen LogP contribution in [0, 0.1) is 11.8 Å². The van der Waals surface area contributed by atoms with Gasteiger partial charge in [0.15, 0.2) is 0 Å². The van der Waals surface area contributed by atoms with E-state index in [1.165, 1.54) is 51.9 Å². The Labute approximate surface area is 95.4 Å². The third-order valence-corrected chi connectivity index (χ3v) is 3.70. The van der Waals surface area contributed by atoms with Crippen molar-refractivity contribution in [2.75, 3.05) is 33.2 Å². The highest BCUT2D eigenvalue weighted by Gasteiger charge is 2.13. The van der Waals surface area contributed by atoms with Crippen LogP contribution < -0.4 is 5.32 Å². The molecule has 1 rings (SSSR count). The van der Waals surface area contributed by atoms with Crippen molar-refractivity contribution in [2.45, 2.75) is 39.5 Å². The molecule has 0 aromatic carbocycles. The van der Waals surface area contributed by atoms with Crippen LogP contribution in [0.5, 0.6) is 0 Å². The average Bonchev–Trinajstić information content (AvgIpc) is 2.27. The molecule has 1 saturated heterocycles. The molecule has 2 nitrogen and oxygen atoms in total. The van der Waals surface area contributed by atoms with Crippen molar-refractivity contribution >= 4 is 0 Å². The van der Waals surface area contributed by atoms with Crippen molar-refractivity contribution in [1.29, 1.82) is 0 Å².